The van der Waals surface area contributed by atoms with Gasteiger partial charge in [-0.05, 0) is 72.8 Å². The molecular formula is C32H30N4NiO6. The third kappa shape index (κ3) is 8.67. The van der Waals surface area contributed by atoms with Crippen LogP contribution < -0.4 is 20.1 Å². The van der Waals surface area contributed by atoms with Crippen molar-refractivity contribution in [2.75, 3.05) is 37.9 Å². The summed E-state index contributed by atoms with van der Waals surface area (Å²) < 4.78 is 10.2. The Morgan fingerprint density at radius 1 is 0.651 bits per heavy atom. The van der Waals surface area contributed by atoms with Crippen molar-refractivity contribution in [3.63, 3.8) is 0 Å². The van der Waals surface area contributed by atoms with Crippen LogP contribution in [0.15, 0.2) is 94.9 Å². The molecule has 0 fully saturated rings. The standard InChI is InChI=1S/C32H30N4O6.Ni/c1-41-25-13-9-23(10-14-25)35-31(39)27-7-3-5-21(29(27)37)19-33-17-18-34-20-22-6-4-8-28(30(22)38)32(40)36-24-11-15-26(42-2)16-12-24;/h3-16,19-20,37-38H,17-18H2,1-2H3,(H,35,39)(H,36,40);. The Kier molecular flexibility index (Phi) is 11.9. The molecule has 4 aromatic carbocycles. The van der Waals surface area contributed by atoms with Gasteiger partial charge in [-0.3, -0.25) is 19.6 Å². The van der Waals surface area contributed by atoms with Crippen LogP contribution in [0, 0.1) is 0 Å². The van der Waals surface area contributed by atoms with Crippen molar-refractivity contribution in [3.8, 4) is 23.0 Å². The topological polar surface area (TPSA) is 142 Å². The average Bonchev–Trinajstić information content (AvgIpc) is 3.01. The number of hydrogen-bond donors (Lipinski definition) is 4. The molecule has 0 saturated carbocycles. The van der Waals surface area contributed by atoms with Gasteiger partial charge in [0.2, 0.25) is 0 Å². The van der Waals surface area contributed by atoms with Gasteiger partial charge in [-0.15, -0.1) is 0 Å². The van der Waals surface area contributed by atoms with E-state index in [4.69, 9.17) is 9.47 Å². The molecule has 224 valence electrons. The first-order valence-electron chi connectivity index (χ1n) is 12.9. The summed E-state index contributed by atoms with van der Waals surface area (Å²) in [6.45, 7) is 0.577. The fourth-order valence-electron chi connectivity index (χ4n) is 3.88. The Labute approximate surface area is 259 Å². The summed E-state index contributed by atoms with van der Waals surface area (Å²) in [4.78, 5) is 33.9. The second-order valence-electron chi connectivity index (χ2n) is 8.92. The predicted octanol–water partition coefficient (Wildman–Crippen LogP) is 5.16. The van der Waals surface area contributed by atoms with Gasteiger partial charge in [0.15, 0.2) is 0 Å². The SMILES string of the molecule is COc1ccc(NC(=O)c2cccc(C=NCCN=Cc3cccc(C(=O)Nc4ccc(OC)cc4)c3O)c2O)cc1.[Ni]. The summed E-state index contributed by atoms with van der Waals surface area (Å²) in [5.74, 6) is 0.0269. The van der Waals surface area contributed by atoms with E-state index in [1.165, 1.54) is 24.6 Å². The summed E-state index contributed by atoms with van der Waals surface area (Å²) in [5.41, 5.74) is 2.11. The molecule has 0 aliphatic carbocycles. The van der Waals surface area contributed by atoms with Gasteiger partial charge in [-0.25, -0.2) is 0 Å². The van der Waals surface area contributed by atoms with Gasteiger partial charge in [0.05, 0.1) is 38.4 Å². The van der Waals surface area contributed by atoms with Crippen molar-refractivity contribution in [3.05, 3.63) is 107 Å². The van der Waals surface area contributed by atoms with Crippen molar-refractivity contribution in [2.45, 2.75) is 0 Å². The van der Waals surface area contributed by atoms with E-state index in [9.17, 15) is 19.8 Å². The number of nitrogens with one attached hydrogen (secondary N) is 2. The van der Waals surface area contributed by atoms with Crippen LogP contribution in [-0.4, -0.2) is 61.8 Å². The number of ether oxygens (including phenoxy) is 2. The molecule has 2 amide bonds. The number of carbonyl (C=O) groups is 2. The molecule has 0 atom stereocenters. The summed E-state index contributed by atoms with van der Waals surface area (Å²) in [6, 6.07) is 23.3. The molecule has 0 aromatic heterocycles. The fraction of sp³-hybridized carbons (Fsp3) is 0.125. The Morgan fingerprint density at radius 2 is 1.02 bits per heavy atom. The van der Waals surface area contributed by atoms with Crippen LogP contribution in [0.3, 0.4) is 0 Å². The van der Waals surface area contributed by atoms with Gasteiger partial charge < -0.3 is 30.3 Å². The van der Waals surface area contributed by atoms with Crippen LogP contribution in [-0.2, 0) is 16.5 Å². The zero-order valence-electron chi connectivity index (χ0n) is 23.4. The summed E-state index contributed by atoms with van der Waals surface area (Å²) in [7, 11) is 3.12. The number of aromatic hydroxyl groups is 2. The Bertz CT molecular complexity index is 1480. The van der Waals surface area contributed by atoms with Gasteiger partial charge in [0, 0.05) is 51.4 Å². The van der Waals surface area contributed by atoms with Gasteiger partial charge >= 0.3 is 0 Å². The number of anilines is 2. The maximum Gasteiger partial charge on any atom is 0.259 e. The molecule has 4 N–H and O–H groups in total. The van der Waals surface area contributed by atoms with Crippen LogP contribution in [0.2, 0.25) is 0 Å². The number of carbonyl (C=O) groups excluding carboxylic acids is 2. The predicted molar refractivity (Wildman–Crippen MR) is 163 cm³/mol. The fourth-order valence-corrected chi connectivity index (χ4v) is 3.88. The van der Waals surface area contributed by atoms with Gasteiger partial charge in [-0.2, -0.15) is 0 Å². The molecule has 0 aliphatic rings. The van der Waals surface area contributed by atoms with Crippen molar-refractivity contribution in [1.29, 1.82) is 0 Å². The number of nitrogens with zero attached hydrogens (tertiary/aromatic N) is 2. The van der Waals surface area contributed by atoms with Crippen LogP contribution in [0.25, 0.3) is 0 Å². The molecule has 11 heteroatoms. The average molecular weight is 625 g/mol. The number of amides is 2. The molecule has 43 heavy (non-hydrogen) atoms. The first-order valence-corrected chi connectivity index (χ1v) is 12.9. The van der Waals surface area contributed by atoms with E-state index in [0.717, 1.165) is 0 Å². The number of phenols is 2. The normalized spacial score (nSPS) is 10.7. The second kappa shape index (κ2) is 15.7. The van der Waals surface area contributed by atoms with Crippen molar-refractivity contribution < 1.29 is 45.8 Å². The van der Waals surface area contributed by atoms with Crippen LogP contribution in [0.4, 0.5) is 11.4 Å². The molecule has 0 unspecified atom stereocenters. The van der Waals surface area contributed by atoms with E-state index in [1.807, 2.05) is 0 Å². The first kappa shape index (κ1) is 32.4. The zero-order chi connectivity index (χ0) is 29.9. The molecule has 4 aromatic rings. The number of phenolic OH excluding ortho intramolecular Hbond substituents is 2. The minimum atomic E-state index is -0.461. The number of hydrogen-bond acceptors (Lipinski definition) is 8. The number of benzene rings is 4. The maximum absolute atomic E-state index is 12.7. The van der Waals surface area contributed by atoms with Gasteiger partial charge in [0.1, 0.15) is 23.0 Å². The molecule has 0 aliphatic heterocycles. The Balaban J connectivity index is 0.00000506. The Morgan fingerprint density at radius 3 is 1.37 bits per heavy atom. The van der Waals surface area contributed by atoms with E-state index in [1.54, 1.807) is 87.0 Å². The molecule has 4 rings (SSSR count). The minimum absolute atomic E-state index is 0. The summed E-state index contributed by atoms with van der Waals surface area (Å²) >= 11 is 0. The zero-order valence-corrected chi connectivity index (χ0v) is 24.4. The molecule has 0 radical (unpaired) electrons. The van der Waals surface area contributed by atoms with Crippen LogP contribution in [0.1, 0.15) is 31.8 Å². The van der Waals surface area contributed by atoms with E-state index in [-0.39, 0.29) is 52.2 Å². The number of methoxy groups -OCH3 is 2. The number of aliphatic imine (C=N–C) groups is 2. The van der Waals surface area contributed by atoms with Crippen LogP contribution in [0.5, 0.6) is 23.0 Å². The van der Waals surface area contributed by atoms with Crippen LogP contribution >= 0.6 is 0 Å². The quantitative estimate of drug-likeness (QED) is 0.103. The largest absolute Gasteiger partial charge is 0.506 e. The van der Waals surface area contributed by atoms with Crippen molar-refractivity contribution in [1.82, 2.24) is 0 Å². The maximum atomic E-state index is 12.7. The molecule has 0 bridgehead atoms. The molecule has 0 saturated heterocycles. The number of rotatable bonds is 11. The van der Waals surface area contributed by atoms with Crippen molar-refractivity contribution in [2.24, 2.45) is 9.98 Å². The molecular weight excluding hydrogens is 595 g/mol. The van der Waals surface area contributed by atoms with Gasteiger partial charge in [-0.1, -0.05) is 12.1 Å². The molecule has 10 nitrogen and oxygen atoms in total. The molecule has 0 heterocycles. The third-order valence-electron chi connectivity index (χ3n) is 6.14. The molecule has 0 spiro atoms. The summed E-state index contributed by atoms with van der Waals surface area (Å²) in [6.07, 6.45) is 2.94. The first-order chi connectivity index (χ1) is 20.4. The monoisotopic (exact) mass is 624 g/mol. The summed E-state index contributed by atoms with van der Waals surface area (Å²) in [5, 5.41) is 26.7. The minimum Gasteiger partial charge on any atom is -0.506 e. The third-order valence-corrected chi connectivity index (χ3v) is 6.14. The van der Waals surface area contributed by atoms with Crippen molar-refractivity contribution >= 4 is 35.6 Å². The van der Waals surface area contributed by atoms with E-state index in [0.29, 0.717) is 34.0 Å². The second-order valence-corrected chi connectivity index (χ2v) is 8.92. The van der Waals surface area contributed by atoms with Gasteiger partial charge in [0.25, 0.3) is 11.8 Å². The van der Waals surface area contributed by atoms with E-state index in [2.05, 4.69) is 20.6 Å². The van der Waals surface area contributed by atoms with E-state index >= 15 is 0 Å². The smallest absolute Gasteiger partial charge is 0.259 e. The number of para-hydroxylation sites is 2. The van der Waals surface area contributed by atoms with E-state index < -0.39 is 11.8 Å². The Hall–Kier alpha value is -5.15.